The second-order valence-corrected chi connectivity index (χ2v) is 5.86. The molecule has 1 unspecified atom stereocenters. The zero-order chi connectivity index (χ0) is 14.7. The summed E-state index contributed by atoms with van der Waals surface area (Å²) in [5.41, 5.74) is 8.25. The van der Waals surface area contributed by atoms with E-state index in [4.69, 9.17) is 5.73 Å². The Morgan fingerprint density at radius 3 is 2.62 bits per heavy atom. The summed E-state index contributed by atoms with van der Waals surface area (Å²) in [7, 11) is 0. The van der Waals surface area contributed by atoms with Crippen LogP contribution in [0.4, 0.5) is 0 Å². The fraction of sp³-hybridized carbons (Fsp3) is 0.125. The molecule has 0 aliphatic heterocycles. The van der Waals surface area contributed by atoms with E-state index in [1.165, 1.54) is 11.3 Å². The van der Waals surface area contributed by atoms with Gasteiger partial charge >= 0.3 is 0 Å². The van der Waals surface area contributed by atoms with Crippen molar-refractivity contribution in [2.75, 3.05) is 0 Å². The first kappa shape index (κ1) is 13.7. The molecule has 0 saturated carbocycles. The maximum atomic E-state index is 9.48. The van der Waals surface area contributed by atoms with Gasteiger partial charge in [-0.2, -0.15) is 0 Å². The fourth-order valence-electron chi connectivity index (χ4n) is 2.11. The lowest BCUT2D eigenvalue weighted by atomic mass is 10.1. The van der Waals surface area contributed by atoms with E-state index in [-0.39, 0.29) is 11.8 Å². The van der Waals surface area contributed by atoms with Crippen LogP contribution in [0.25, 0.3) is 0 Å². The van der Waals surface area contributed by atoms with Crippen LogP contribution in [0.15, 0.2) is 54.6 Å². The third kappa shape index (κ3) is 3.26. The van der Waals surface area contributed by atoms with Crippen LogP contribution < -0.4 is 5.73 Å². The molecule has 3 aromatic rings. The molecular weight excluding hydrogens is 282 g/mol. The summed E-state index contributed by atoms with van der Waals surface area (Å²) >= 11 is 1.51. The Hall–Kier alpha value is -2.24. The van der Waals surface area contributed by atoms with Crippen molar-refractivity contribution in [1.82, 2.24) is 10.2 Å². The van der Waals surface area contributed by atoms with Gasteiger partial charge in [-0.3, -0.25) is 0 Å². The van der Waals surface area contributed by atoms with E-state index in [9.17, 15) is 5.11 Å². The Balaban J connectivity index is 1.77. The van der Waals surface area contributed by atoms with Gasteiger partial charge in [-0.15, -0.1) is 10.2 Å². The maximum Gasteiger partial charge on any atom is 0.138 e. The van der Waals surface area contributed by atoms with E-state index in [1.807, 2.05) is 42.5 Å². The van der Waals surface area contributed by atoms with Gasteiger partial charge in [0.2, 0.25) is 0 Å². The molecule has 0 amide bonds. The monoisotopic (exact) mass is 297 g/mol. The lowest BCUT2D eigenvalue weighted by Crippen LogP contribution is -2.11. The Morgan fingerprint density at radius 2 is 1.86 bits per heavy atom. The summed E-state index contributed by atoms with van der Waals surface area (Å²) in [6, 6.07) is 16.8. The second kappa shape index (κ2) is 6.03. The van der Waals surface area contributed by atoms with Crippen LogP contribution in [-0.4, -0.2) is 15.3 Å². The summed E-state index contributed by atoms with van der Waals surface area (Å²) in [5.74, 6) is 0.262. The average Bonchev–Trinajstić information content (AvgIpc) is 2.96. The predicted molar refractivity (Wildman–Crippen MR) is 83.3 cm³/mol. The Kier molecular flexibility index (Phi) is 3.94. The van der Waals surface area contributed by atoms with Crippen molar-refractivity contribution in [3.05, 3.63) is 75.7 Å². The van der Waals surface area contributed by atoms with Crippen molar-refractivity contribution in [2.45, 2.75) is 12.5 Å². The molecule has 0 fully saturated rings. The second-order valence-electron chi connectivity index (χ2n) is 4.77. The number of hydrogen-bond acceptors (Lipinski definition) is 5. The van der Waals surface area contributed by atoms with Crippen LogP contribution >= 0.6 is 11.3 Å². The topological polar surface area (TPSA) is 72.0 Å². The lowest BCUT2D eigenvalue weighted by molar-refractivity contribution is 0.474. The van der Waals surface area contributed by atoms with Crippen LogP contribution in [0.2, 0.25) is 0 Å². The van der Waals surface area contributed by atoms with E-state index >= 15 is 0 Å². The highest BCUT2D eigenvalue weighted by molar-refractivity contribution is 7.11. The molecule has 0 bridgehead atoms. The molecule has 1 aromatic heterocycles. The molecule has 0 aliphatic carbocycles. The largest absolute Gasteiger partial charge is 0.508 e. The molecule has 1 atom stereocenters. The number of phenolic OH excluding ortho intramolecular Hbond substituents is 1. The van der Waals surface area contributed by atoms with Gasteiger partial charge in [0.25, 0.3) is 0 Å². The third-order valence-electron chi connectivity index (χ3n) is 3.17. The predicted octanol–water partition coefficient (Wildman–Crippen LogP) is 2.88. The number of nitrogens with zero attached hydrogens (tertiary/aromatic N) is 2. The minimum Gasteiger partial charge on any atom is -0.508 e. The molecule has 3 rings (SSSR count). The van der Waals surface area contributed by atoms with Gasteiger partial charge in [0.15, 0.2) is 0 Å². The van der Waals surface area contributed by atoms with Crippen molar-refractivity contribution in [1.29, 1.82) is 0 Å². The number of phenols is 1. The minimum atomic E-state index is -0.248. The van der Waals surface area contributed by atoms with Gasteiger partial charge in [-0.05, 0) is 23.3 Å². The quantitative estimate of drug-likeness (QED) is 0.776. The summed E-state index contributed by atoms with van der Waals surface area (Å²) in [6.07, 6.45) is 0.646. The van der Waals surface area contributed by atoms with Crippen molar-refractivity contribution >= 4 is 11.3 Å². The Bertz CT molecular complexity index is 727. The number of benzene rings is 2. The van der Waals surface area contributed by atoms with E-state index in [0.29, 0.717) is 6.42 Å². The molecule has 0 aliphatic rings. The van der Waals surface area contributed by atoms with Crippen molar-refractivity contribution in [2.24, 2.45) is 5.73 Å². The fourth-order valence-corrected chi connectivity index (χ4v) is 3.01. The highest BCUT2D eigenvalue weighted by Crippen LogP contribution is 2.24. The van der Waals surface area contributed by atoms with Crippen molar-refractivity contribution in [3.8, 4) is 5.75 Å². The first-order chi connectivity index (χ1) is 10.2. The summed E-state index contributed by atoms with van der Waals surface area (Å²) in [6.45, 7) is 0. The number of rotatable bonds is 4. The first-order valence-electron chi connectivity index (χ1n) is 6.63. The molecule has 4 nitrogen and oxygen atoms in total. The summed E-state index contributed by atoms with van der Waals surface area (Å²) < 4.78 is 0. The van der Waals surface area contributed by atoms with Crippen LogP contribution in [0.1, 0.15) is 27.2 Å². The van der Waals surface area contributed by atoms with Gasteiger partial charge in [-0.25, -0.2) is 0 Å². The highest BCUT2D eigenvalue weighted by Gasteiger charge is 2.14. The zero-order valence-corrected chi connectivity index (χ0v) is 12.1. The van der Waals surface area contributed by atoms with Gasteiger partial charge in [-0.1, -0.05) is 53.8 Å². The molecule has 0 saturated heterocycles. The van der Waals surface area contributed by atoms with Gasteiger partial charge < -0.3 is 10.8 Å². The smallest absolute Gasteiger partial charge is 0.138 e. The third-order valence-corrected chi connectivity index (χ3v) is 4.18. The minimum absolute atomic E-state index is 0.248. The molecule has 106 valence electrons. The van der Waals surface area contributed by atoms with Crippen molar-refractivity contribution < 1.29 is 5.11 Å². The molecule has 3 N–H and O–H groups in total. The van der Waals surface area contributed by atoms with Gasteiger partial charge in [0.1, 0.15) is 15.8 Å². The lowest BCUT2D eigenvalue weighted by Gasteiger charge is -2.06. The van der Waals surface area contributed by atoms with Crippen LogP contribution in [0.5, 0.6) is 5.75 Å². The van der Waals surface area contributed by atoms with E-state index in [1.54, 1.807) is 12.1 Å². The normalized spacial score (nSPS) is 12.2. The number of nitrogens with two attached hydrogens (primary N) is 1. The van der Waals surface area contributed by atoms with Gasteiger partial charge in [0, 0.05) is 6.42 Å². The Morgan fingerprint density at radius 1 is 1.05 bits per heavy atom. The van der Waals surface area contributed by atoms with Gasteiger partial charge in [0.05, 0.1) is 6.04 Å². The average molecular weight is 297 g/mol. The summed E-state index contributed by atoms with van der Waals surface area (Å²) in [4.78, 5) is 0. The standard InChI is InChI=1S/C16H15N3OS/c17-15(12-6-2-1-3-7-12)16-19-18-14(21-16)10-11-5-4-8-13(20)9-11/h1-9,15,20H,10,17H2. The molecular formula is C16H15N3OS. The number of aromatic hydroxyl groups is 1. The first-order valence-corrected chi connectivity index (χ1v) is 7.45. The van der Waals surface area contributed by atoms with Crippen molar-refractivity contribution in [3.63, 3.8) is 0 Å². The molecule has 2 aromatic carbocycles. The number of aromatic nitrogens is 2. The van der Waals surface area contributed by atoms with E-state index in [0.717, 1.165) is 21.1 Å². The number of hydrogen-bond donors (Lipinski definition) is 2. The van der Waals surface area contributed by atoms with Crippen LogP contribution in [0, 0.1) is 0 Å². The van der Waals surface area contributed by atoms with E-state index in [2.05, 4.69) is 10.2 Å². The highest BCUT2D eigenvalue weighted by atomic mass is 32.1. The molecule has 0 spiro atoms. The maximum absolute atomic E-state index is 9.48. The molecule has 0 radical (unpaired) electrons. The molecule has 1 heterocycles. The SMILES string of the molecule is NC(c1ccccc1)c1nnc(Cc2cccc(O)c2)s1. The van der Waals surface area contributed by atoms with E-state index < -0.39 is 0 Å². The van der Waals surface area contributed by atoms with Crippen LogP contribution in [0.3, 0.4) is 0 Å². The zero-order valence-electron chi connectivity index (χ0n) is 11.3. The Labute approximate surface area is 126 Å². The molecule has 21 heavy (non-hydrogen) atoms. The van der Waals surface area contributed by atoms with Crippen LogP contribution in [-0.2, 0) is 6.42 Å². The molecule has 5 heteroatoms. The summed E-state index contributed by atoms with van der Waals surface area (Å²) in [5, 5.41) is 19.6.